The van der Waals surface area contributed by atoms with Gasteiger partial charge in [0.25, 0.3) is 0 Å². The van der Waals surface area contributed by atoms with Gasteiger partial charge in [-0.2, -0.15) is 0 Å². The summed E-state index contributed by atoms with van der Waals surface area (Å²) in [7, 11) is 0. The van der Waals surface area contributed by atoms with Crippen molar-refractivity contribution in [3.63, 3.8) is 0 Å². The molecule has 0 bridgehead atoms. The zero-order valence-electron chi connectivity index (χ0n) is 12.0. The van der Waals surface area contributed by atoms with Crippen molar-refractivity contribution in [3.8, 4) is 0 Å². The summed E-state index contributed by atoms with van der Waals surface area (Å²) >= 11 is 0. The van der Waals surface area contributed by atoms with E-state index in [4.69, 9.17) is 4.74 Å². The van der Waals surface area contributed by atoms with Gasteiger partial charge >= 0.3 is 0 Å². The molecule has 0 saturated carbocycles. The van der Waals surface area contributed by atoms with Gasteiger partial charge in [0, 0.05) is 12.6 Å². The maximum Gasteiger partial charge on any atom is 0.0575 e. The lowest BCUT2D eigenvalue weighted by Gasteiger charge is -2.25. The van der Waals surface area contributed by atoms with Crippen LogP contribution in [0.25, 0.3) is 0 Å². The van der Waals surface area contributed by atoms with Crippen molar-refractivity contribution in [2.24, 2.45) is 5.92 Å². The Balaban J connectivity index is 2.17. The minimum Gasteiger partial charge on any atom is -0.378 e. The van der Waals surface area contributed by atoms with Gasteiger partial charge in [0.1, 0.15) is 0 Å². The standard InChI is InChI=1S/C15H31NO/c1-4-16-14(9-8-13(2)3)10-11-15-7-5-6-12-17-15/h13-16H,4-12H2,1-3H3. The summed E-state index contributed by atoms with van der Waals surface area (Å²) in [6.07, 6.45) is 9.64. The van der Waals surface area contributed by atoms with Crippen LogP contribution in [0.3, 0.4) is 0 Å². The van der Waals surface area contributed by atoms with Gasteiger partial charge in [-0.1, -0.05) is 20.8 Å². The summed E-state index contributed by atoms with van der Waals surface area (Å²) < 4.78 is 5.80. The van der Waals surface area contributed by atoms with Crippen molar-refractivity contribution < 1.29 is 4.74 Å². The molecule has 1 saturated heterocycles. The Bertz CT molecular complexity index is 176. The average Bonchev–Trinajstić information content (AvgIpc) is 2.34. The first-order chi connectivity index (χ1) is 8.22. The Morgan fingerprint density at radius 2 is 2.00 bits per heavy atom. The summed E-state index contributed by atoms with van der Waals surface area (Å²) in [5.41, 5.74) is 0. The summed E-state index contributed by atoms with van der Waals surface area (Å²) in [5, 5.41) is 3.62. The van der Waals surface area contributed by atoms with E-state index in [1.165, 1.54) is 44.9 Å². The minimum absolute atomic E-state index is 0.545. The molecule has 2 nitrogen and oxygen atoms in total. The third kappa shape index (κ3) is 7.05. The second-order valence-corrected chi connectivity index (χ2v) is 5.79. The fourth-order valence-corrected chi connectivity index (χ4v) is 2.59. The van der Waals surface area contributed by atoms with E-state index in [-0.39, 0.29) is 0 Å². The van der Waals surface area contributed by atoms with E-state index in [0.717, 1.165) is 19.1 Å². The van der Waals surface area contributed by atoms with Gasteiger partial charge in [-0.15, -0.1) is 0 Å². The predicted octanol–water partition coefficient (Wildman–Crippen LogP) is 3.75. The number of rotatable bonds is 8. The molecule has 0 aromatic heterocycles. The molecular weight excluding hydrogens is 210 g/mol. The van der Waals surface area contributed by atoms with Gasteiger partial charge in [0.2, 0.25) is 0 Å². The molecule has 0 aliphatic carbocycles. The van der Waals surface area contributed by atoms with Crippen LogP contribution in [-0.2, 0) is 4.74 Å². The third-order valence-electron chi connectivity index (χ3n) is 3.70. The minimum atomic E-state index is 0.545. The number of hydrogen-bond donors (Lipinski definition) is 1. The van der Waals surface area contributed by atoms with Crippen molar-refractivity contribution >= 4 is 0 Å². The van der Waals surface area contributed by atoms with E-state index in [2.05, 4.69) is 26.1 Å². The van der Waals surface area contributed by atoms with Crippen LogP contribution in [0, 0.1) is 5.92 Å². The van der Waals surface area contributed by atoms with E-state index in [1.807, 2.05) is 0 Å². The van der Waals surface area contributed by atoms with Gasteiger partial charge in [0.05, 0.1) is 6.10 Å². The Morgan fingerprint density at radius 3 is 2.59 bits per heavy atom. The molecule has 2 heteroatoms. The summed E-state index contributed by atoms with van der Waals surface area (Å²) in [6, 6.07) is 0.702. The smallest absolute Gasteiger partial charge is 0.0575 e. The van der Waals surface area contributed by atoms with Crippen LogP contribution < -0.4 is 5.32 Å². The van der Waals surface area contributed by atoms with Crippen molar-refractivity contribution in [1.82, 2.24) is 5.32 Å². The Morgan fingerprint density at radius 1 is 1.18 bits per heavy atom. The molecule has 2 unspecified atom stereocenters. The topological polar surface area (TPSA) is 21.3 Å². The maximum atomic E-state index is 5.80. The first kappa shape index (κ1) is 15.0. The number of nitrogens with one attached hydrogen (secondary N) is 1. The largest absolute Gasteiger partial charge is 0.378 e. The third-order valence-corrected chi connectivity index (χ3v) is 3.70. The summed E-state index contributed by atoms with van der Waals surface area (Å²) in [5.74, 6) is 0.821. The van der Waals surface area contributed by atoms with Crippen LogP contribution in [0.4, 0.5) is 0 Å². The molecule has 1 aliphatic rings. The summed E-state index contributed by atoms with van der Waals surface area (Å²) in [4.78, 5) is 0. The van der Waals surface area contributed by atoms with Crippen LogP contribution in [0.1, 0.15) is 65.7 Å². The number of hydrogen-bond acceptors (Lipinski definition) is 2. The first-order valence-corrected chi connectivity index (χ1v) is 7.57. The van der Waals surface area contributed by atoms with Gasteiger partial charge in [-0.3, -0.25) is 0 Å². The maximum absolute atomic E-state index is 5.80. The lowest BCUT2D eigenvalue weighted by atomic mass is 9.96. The lowest BCUT2D eigenvalue weighted by molar-refractivity contribution is 0.00839. The van der Waals surface area contributed by atoms with Crippen molar-refractivity contribution in [1.29, 1.82) is 0 Å². The zero-order valence-corrected chi connectivity index (χ0v) is 12.0. The zero-order chi connectivity index (χ0) is 12.5. The Kier molecular flexibility index (Phi) is 7.87. The molecule has 0 spiro atoms. The van der Waals surface area contributed by atoms with Crippen LogP contribution in [0.15, 0.2) is 0 Å². The molecule has 1 rings (SSSR count). The highest BCUT2D eigenvalue weighted by Crippen LogP contribution is 2.19. The quantitative estimate of drug-likeness (QED) is 0.699. The molecule has 0 amide bonds. The predicted molar refractivity (Wildman–Crippen MR) is 74.4 cm³/mol. The SMILES string of the molecule is CCNC(CCC(C)C)CCC1CCCCO1. The second kappa shape index (κ2) is 8.93. The van der Waals surface area contributed by atoms with E-state index >= 15 is 0 Å². The highest BCUT2D eigenvalue weighted by Gasteiger charge is 2.16. The van der Waals surface area contributed by atoms with Crippen molar-refractivity contribution in [2.75, 3.05) is 13.2 Å². The van der Waals surface area contributed by atoms with Crippen molar-refractivity contribution in [2.45, 2.75) is 77.9 Å². The van der Waals surface area contributed by atoms with Crippen LogP contribution in [0.2, 0.25) is 0 Å². The Hall–Kier alpha value is -0.0800. The van der Waals surface area contributed by atoms with Gasteiger partial charge in [0.15, 0.2) is 0 Å². The van der Waals surface area contributed by atoms with E-state index < -0.39 is 0 Å². The molecule has 1 heterocycles. The molecule has 0 aromatic rings. The molecule has 102 valence electrons. The van der Waals surface area contributed by atoms with Crippen LogP contribution in [-0.4, -0.2) is 25.3 Å². The number of ether oxygens (including phenoxy) is 1. The fraction of sp³-hybridized carbons (Fsp3) is 1.00. The van der Waals surface area contributed by atoms with E-state index in [0.29, 0.717) is 12.1 Å². The van der Waals surface area contributed by atoms with E-state index in [1.54, 1.807) is 0 Å². The van der Waals surface area contributed by atoms with Gasteiger partial charge in [-0.25, -0.2) is 0 Å². The second-order valence-electron chi connectivity index (χ2n) is 5.79. The molecule has 0 radical (unpaired) electrons. The van der Waals surface area contributed by atoms with Gasteiger partial charge in [-0.05, 0) is 57.4 Å². The normalized spacial score (nSPS) is 22.9. The van der Waals surface area contributed by atoms with Crippen LogP contribution >= 0.6 is 0 Å². The van der Waals surface area contributed by atoms with Crippen molar-refractivity contribution in [3.05, 3.63) is 0 Å². The molecule has 0 aromatic carbocycles. The summed E-state index contributed by atoms with van der Waals surface area (Å²) in [6.45, 7) is 8.91. The molecular formula is C15H31NO. The first-order valence-electron chi connectivity index (χ1n) is 7.57. The highest BCUT2D eigenvalue weighted by molar-refractivity contribution is 4.71. The molecule has 2 atom stereocenters. The van der Waals surface area contributed by atoms with Gasteiger partial charge < -0.3 is 10.1 Å². The monoisotopic (exact) mass is 241 g/mol. The Labute approximate surface area is 108 Å². The van der Waals surface area contributed by atoms with E-state index in [9.17, 15) is 0 Å². The molecule has 17 heavy (non-hydrogen) atoms. The molecule has 1 aliphatic heterocycles. The van der Waals surface area contributed by atoms with Crippen LogP contribution in [0.5, 0.6) is 0 Å². The lowest BCUT2D eigenvalue weighted by Crippen LogP contribution is -2.31. The molecule has 1 fully saturated rings. The highest BCUT2D eigenvalue weighted by atomic mass is 16.5. The fourth-order valence-electron chi connectivity index (χ4n) is 2.59. The molecule has 1 N–H and O–H groups in total. The average molecular weight is 241 g/mol.